The molecule has 1 aliphatic rings. The first kappa shape index (κ1) is 14.1. The minimum absolute atomic E-state index is 0.578. The van der Waals surface area contributed by atoms with Gasteiger partial charge >= 0.3 is 0 Å². The molecule has 0 unspecified atom stereocenters. The van der Waals surface area contributed by atoms with Crippen LogP contribution in [0.15, 0.2) is 30.7 Å². The second kappa shape index (κ2) is 6.31. The Hall–Kier alpha value is -1.81. The highest BCUT2D eigenvalue weighted by Crippen LogP contribution is 2.34. The lowest BCUT2D eigenvalue weighted by Crippen LogP contribution is -2.10. The summed E-state index contributed by atoms with van der Waals surface area (Å²) in [6.07, 6.45) is 4.94. The molecule has 0 radical (unpaired) electrons. The summed E-state index contributed by atoms with van der Waals surface area (Å²) in [6, 6.07) is 6.50. The first-order valence-corrected chi connectivity index (χ1v) is 7.69. The van der Waals surface area contributed by atoms with Crippen LogP contribution in [0.5, 0.6) is 0 Å². The van der Waals surface area contributed by atoms with Crippen molar-refractivity contribution in [3.8, 4) is 11.3 Å². The van der Waals surface area contributed by atoms with Gasteiger partial charge in [-0.1, -0.05) is 32.0 Å². The number of hydrogen-bond donors (Lipinski definition) is 1. The largest absolute Gasteiger partial charge is 0.384 e. The SMILES string of the molecule is CC(C)COCCn1cncc1-c1cccc2c1NCC2. The second-order valence-electron chi connectivity index (χ2n) is 5.96. The number of imidazole rings is 1. The molecule has 2 aromatic rings. The molecule has 0 saturated carbocycles. The molecular formula is C17H23N3O. The summed E-state index contributed by atoms with van der Waals surface area (Å²) in [4.78, 5) is 4.32. The van der Waals surface area contributed by atoms with Crippen molar-refractivity contribution in [3.05, 3.63) is 36.3 Å². The minimum Gasteiger partial charge on any atom is -0.384 e. The van der Waals surface area contributed by atoms with E-state index in [0.29, 0.717) is 5.92 Å². The number of anilines is 1. The molecule has 4 nitrogen and oxygen atoms in total. The smallest absolute Gasteiger partial charge is 0.0951 e. The van der Waals surface area contributed by atoms with Gasteiger partial charge in [0.25, 0.3) is 0 Å². The Kier molecular flexibility index (Phi) is 4.25. The van der Waals surface area contributed by atoms with Crippen LogP contribution in [0.1, 0.15) is 19.4 Å². The van der Waals surface area contributed by atoms with Crippen LogP contribution < -0.4 is 5.32 Å². The number of fused-ring (bicyclic) bond motifs is 1. The molecule has 2 heterocycles. The first-order chi connectivity index (χ1) is 10.3. The topological polar surface area (TPSA) is 39.1 Å². The molecule has 0 aliphatic carbocycles. The molecule has 0 bridgehead atoms. The Balaban J connectivity index is 1.75. The van der Waals surface area contributed by atoms with Crippen LogP contribution in [-0.2, 0) is 17.7 Å². The number of rotatable bonds is 6. The lowest BCUT2D eigenvalue weighted by Gasteiger charge is -2.13. The second-order valence-corrected chi connectivity index (χ2v) is 5.96. The standard InChI is InChI=1S/C17H23N3O/c1-13(2)11-21-9-8-20-12-18-10-16(20)15-5-3-4-14-6-7-19-17(14)15/h3-5,10,12-13,19H,6-9,11H2,1-2H3. The summed E-state index contributed by atoms with van der Waals surface area (Å²) in [5.74, 6) is 0.578. The Labute approximate surface area is 126 Å². The third-order valence-electron chi connectivity index (χ3n) is 3.76. The van der Waals surface area contributed by atoms with Crippen LogP contribution >= 0.6 is 0 Å². The van der Waals surface area contributed by atoms with Gasteiger partial charge in [-0.2, -0.15) is 0 Å². The van der Waals surface area contributed by atoms with Crippen LogP contribution in [0.25, 0.3) is 11.3 Å². The maximum atomic E-state index is 5.69. The lowest BCUT2D eigenvalue weighted by atomic mass is 10.1. The van der Waals surface area contributed by atoms with Crippen molar-refractivity contribution in [3.63, 3.8) is 0 Å². The van der Waals surface area contributed by atoms with Gasteiger partial charge in [-0.15, -0.1) is 0 Å². The van der Waals surface area contributed by atoms with E-state index in [9.17, 15) is 0 Å². The van der Waals surface area contributed by atoms with E-state index in [1.165, 1.54) is 16.8 Å². The van der Waals surface area contributed by atoms with Crippen LogP contribution in [0.3, 0.4) is 0 Å². The Morgan fingerprint density at radius 1 is 1.38 bits per heavy atom. The van der Waals surface area contributed by atoms with E-state index in [-0.39, 0.29) is 0 Å². The van der Waals surface area contributed by atoms with Crippen molar-refractivity contribution in [2.75, 3.05) is 25.1 Å². The third-order valence-corrected chi connectivity index (χ3v) is 3.76. The van der Waals surface area contributed by atoms with Crippen molar-refractivity contribution in [2.45, 2.75) is 26.8 Å². The fourth-order valence-corrected chi connectivity index (χ4v) is 2.76. The van der Waals surface area contributed by atoms with Crippen molar-refractivity contribution in [2.24, 2.45) is 5.92 Å². The molecule has 1 N–H and O–H groups in total. The average Bonchev–Trinajstić information content (AvgIpc) is 3.11. The minimum atomic E-state index is 0.578. The van der Waals surface area contributed by atoms with E-state index < -0.39 is 0 Å². The molecule has 1 aromatic heterocycles. The Bertz CT molecular complexity index is 604. The Morgan fingerprint density at radius 3 is 3.14 bits per heavy atom. The molecule has 112 valence electrons. The summed E-state index contributed by atoms with van der Waals surface area (Å²) < 4.78 is 7.86. The van der Waals surface area contributed by atoms with Crippen molar-refractivity contribution in [1.82, 2.24) is 9.55 Å². The summed E-state index contributed by atoms with van der Waals surface area (Å²) >= 11 is 0. The van der Waals surface area contributed by atoms with Gasteiger partial charge < -0.3 is 14.6 Å². The zero-order valence-corrected chi connectivity index (χ0v) is 12.8. The Morgan fingerprint density at radius 2 is 2.29 bits per heavy atom. The molecule has 21 heavy (non-hydrogen) atoms. The first-order valence-electron chi connectivity index (χ1n) is 7.69. The quantitative estimate of drug-likeness (QED) is 0.828. The zero-order chi connectivity index (χ0) is 14.7. The molecule has 0 saturated heterocycles. The number of benzene rings is 1. The molecule has 0 atom stereocenters. The fraction of sp³-hybridized carbons (Fsp3) is 0.471. The van der Waals surface area contributed by atoms with Gasteiger partial charge in [0.2, 0.25) is 0 Å². The van der Waals surface area contributed by atoms with E-state index in [4.69, 9.17) is 4.74 Å². The molecule has 0 amide bonds. The molecule has 4 heteroatoms. The van der Waals surface area contributed by atoms with Gasteiger partial charge in [-0.25, -0.2) is 4.98 Å². The van der Waals surface area contributed by atoms with Gasteiger partial charge in [-0.05, 0) is 17.9 Å². The van der Waals surface area contributed by atoms with E-state index in [0.717, 1.165) is 38.4 Å². The van der Waals surface area contributed by atoms with Gasteiger partial charge in [0.15, 0.2) is 0 Å². The highest BCUT2D eigenvalue weighted by molar-refractivity contribution is 5.79. The number of ether oxygens (including phenoxy) is 1. The van der Waals surface area contributed by atoms with Gasteiger partial charge in [0.05, 0.1) is 24.8 Å². The number of nitrogens with one attached hydrogen (secondary N) is 1. The van der Waals surface area contributed by atoms with Crippen molar-refractivity contribution >= 4 is 5.69 Å². The van der Waals surface area contributed by atoms with E-state index in [1.807, 2.05) is 12.5 Å². The maximum absolute atomic E-state index is 5.69. The monoisotopic (exact) mass is 285 g/mol. The average molecular weight is 285 g/mol. The summed E-state index contributed by atoms with van der Waals surface area (Å²) in [6.45, 7) is 7.74. The number of aromatic nitrogens is 2. The molecule has 0 fully saturated rings. The zero-order valence-electron chi connectivity index (χ0n) is 12.8. The molecule has 1 aromatic carbocycles. The maximum Gasteiger partial charge on any atom is 0.0951 e. The molecule has 1 aliphatic heterocycles. The molecule has 3 rings (SSSR count). The van der Waals surface area contributed by atoms with E-state index in [2.05, 4.69) is 46.9 Å². The molecular weight excluding hydrogens is 262 g/mol. The number of hydrogen-bond acceptors (Lipinski definition) is 3. The molecule has 0 spiro atoms. The van der Waals surface area contributed by atoms with Gasteiger partial charge in [0, 0.05) is 30.9 Å². The van der Waals surface area contributed by atoms with E-state index >= 15 is 0 Å². The summed E-state index contributed by atoms with van der Waals surface area (Å²) in [7, 11) is 0. The normalized spacial score (nSPS) is 13.5. The number of nitrogens with zero attached hydrogens (tertiary/aromatic N) is 2. The van der Waals surface area contributed by atoms with E-state index in [1.54, 1.807) is 0 Å². The van der Waals surface area contributed by atoms with Crippen LogP contribution in [-0.4, -0.2) is 29.3 Å². The predicted octanol–water partition coefficient (Wildman–Crippen LogP) is 3.19. The van der Waals surface area contributed by atoms with Crippen molar-refractivity contribution in [1.29, 1.82) is 0 Å². The lowest BCUT2D eigenvalue weighted by molar-refractivity contribution is 0.103. The highest BCUT2D eigenvalue weighted by atomic mass is 16.5. The predicted molar refractivity (Wildman–Crippen MR) is 85.5 cm³/mol. The van der Waals surface area contributed by atoms with Crippen LogP contribution in [0, 0.1) is 5.92 Å². The highest BCUT2D eigenvalue weighted by Gasteiger charge is 2.16. The van der Waals surface area contributed by atoms with Crippen LogP contribution in [0.2, 0.25) is 0 Å². The van der Waals surface area contributed by atoms with Gasteiger partial charge in [-0.3, -0.25) is 0 Å². The number of para-hydroxylation sites is 1. The van der Waals surface area contributed by atoms with Gasteiger partial charge in [0.1, 0.15) is 0 Å². The van der Waals surface area contributed by atoms with Crippen LogP contribution in [0.4, 0.5) is 5.69 Å². The fourth-order valence-electron chi connectivity index (χ4n) is 2.76. The van der Waals surface area contributed by atoms with Crippen molar-refractivity contribution < 1.29 is 4.74 Å². The third kappa shape index (κ3) is 3.10. The summed E-state index contributed by atoms with van der Waals surface area (Å²) in [5.41, 5.74) is 5.07. The summed E-state index contributed by atoms with van der Waals surface area (Å²) in [5, 5.41) is 3.49.